The van der Waals surface area contributed by atoms with Crippen molar-refractivity contribution in [3.05, 3.63) is 111 Å². The van der Waals surface area contributed by atoms with Crippen LogP contribution in [0.1, 0.15) is 11.1 Å². The van der Waals surface area contributed by atoms with Gasteiger partial charge in [-0.3, -0.25) is 9.69 Å². The molecule has 5 rings (SSSR count). The molecule has 4 aromatic rings. The second kappa shape index (κ2) is 9.80. The number of amides is 1. The number of thioether (sulfide) groups is 1. The van der Waals surface area contributed by atoms with Crippen LogP contribution in [0.5, 0.6) is 5.75 Å². The molecule has 1 amide bonds. The number of anilines is 1. The van der Waals surface area contributed by atoms with Crippen LogP contribution in [0.4, 0.5) is 5.69 Å². The van der Waals surface area contributed by atoms with Gasteiger partial charge in [-0.2, -0.15) is 0 Å². The number of hydrogen-bond acceptors (Lipinski definition) is 4. The first-order valence-electron chi connectivity index (χ1n) is 10.4. The predicted octanol–water partition coefficient (Wildman–Crippen LogP) is 8.13. The van der Waals surface area contributed by atoms with Crippen LogP contribution < -0.4 is 9.64 Å². The Labute approximate surface area is 216 Å². The van der Waals surface area contributed by atoms with Crippen molar-refractivity contribution in [2.75, 3.05) is 4.90 Å². The highest BCUT2D eigenvalue weighted by Gasteiger charge is 2.33. The normalized spacial score (nSPS) is 14.9. The number of rotatable bonds is 5. The summed E-state index contributed by atoms with van der Waals surface area (Å²) in [5, 5.41) is 3.13. The average molecular weight is 522 g/mol. The molecule has 1 aliphatic heterocycles. The molecule has 0 saturated carbocycles. The lowest BCUT2D eigenvalue weighted by Crippen LogP contribution is -2.27. The molecular weight excluding hydrogens is 505 g/mol. The lowest BCUT2D eigenvalue weighted by atomic mass is 10.0. The molecule has 1 heterocycles. The summed E-state index contributed by atoms with van der Waals surface area (Å²) < 4.78 is 6.69. The molecule has 168 valence electrons. The molecule has 0 radical (unpaired) electrons. The first-order chi connectivity index (χ1) is 16.5. The molecule has 1 aliphatic rings. The zero-order valence-electron chi connectivity index (χ0n) is 17.7. The standard InChI is InChI=1S/C27H17Cl2NO2S2/c28-19-12-10-18(23(29)14-19)16-32-24-13-11-17-6-4-5-9-21(17)22(24)15-25-26(31)30(27(33)34-25)20-7-2-1-3-8-20/h1-15H,16H2/b25-15+. The fraction of sp³-hybridized carbons (Fsp3) is 0.0370. The van der Waals surface area contributed by atoms with E-state index in [9.17, 15) is 4.79 Å². The number of benzene rings is 4. The van der Waals surface area contributed by atoms with Gasteiger partial charge in [-0.05, 0) is 47.2 Å². The summed E-state index contributed by atoms with van der Waals surface area (Å²) in [5.41, 5.74) is 2.39. The number of halogens is 2. The molecule has 0 spiro atoms. The van der Waals surface area contributed by atoms with E-state index in [1.165, 1.54) is 11.8 Å². The molecule has 7 heteroatoms. The largest absolute Gasteiger partial charge is 0.488 e. The number of nitrogens with zero attached hydrogens (tertiary/aromatic N) is 1. The van der Waals surface area contributed by atoms with Gasteiger partial charge in [-0.25, -0.2) is 0 Å². The monoisotopic (exact) mass is 521 g/mol. The molecule has 34 heavy (non-hydrogen) atoms. The van der Waals surface area contributed by atoms with Crippen molar-refractivity contribution in [1.29, 1.82) is 0 Å². The first kappa shape index (κ1) is 22.9. The van der Waals surface area contributed by atoms with Crippen LogP contribution in [0.3, 0.4) is 0 Å². The Morgan fingerprint density at radius 1 is 0.941 bits per heavy atom. The second-order valence-corrected chi connectivity index (χ2v) is 10.1. The van der Waals surface area contributed by atoms with Gasteiger partial charge in [0.1, 0.15) is 12.4 Å². The van der Waals surface area contributed by atoms with Crippen LogP contribution in [-0.2, 0) is 11.4 Å². The molecule has 0 atom stereocenters. The lowest BCUT2D eigenvalue weighted by Gasteiger charge is -2.14. The maximum absolute atomic E-state index is 13.3. The summed E-state index contributed by atoms with van der Waals surface area (Å²) in [4.78, 5) is 15.4. The Morgan fingerprint density at radius 3 is 2.50 bits per heavy atom. The number of para-hydroxylation sites is 1. The van der Waals surface area contributed by atoms with E-state index in [-0.39, 0.29) is 12.5 Å². The summed E-state index contributed by atoms with van der Waals surface area (Å²) >= 11 is 19.2. The predicted molar refractivity (Wildman–Crippen MR) is 147 cm³/mol. The fourth-order valence-electron chi connectivity index (χ4n) is 3.74. The van der Waals surface area contributed by atoms with E-state index in [4.69, 9.17) is 40.2 Å². The maximum atomic E-state index is 13.3. The van der Waals surface area contributed by atoms with Gasteiger partial charge in [0.25, 0.3) is 5.91 Å². The van der Waals surface area contributed by atoms with E-state index >= 15 is 0 Å². The van der Waals surface area contributed by atoms with E-state index in [0.29, 0.717) is 25.0 Å². The molecule has 0 unspecified atom stereocenters. The van der Waals surface area contributed by atoms with Crippen LogP contribution in [0, 0.1) is 0 Å². The molecule has 0 aliphatic carbocycles. The van der Waals surface area contributed by atoms with Gasteiger partial charge in [0, 0.05) is 21.2 Å². The third-order valence-corrected chi connectivity index (χ3v) is 7.30. The van der Waals surface area contributed by atoms with E-state index in [0.717, 1.165) is 27.6 Å². The van der Waals surface area contributed by atoms with Crippen LogP contribution >= 0.6 is 47.2 Å². The van der Waals surface area contributed by atoms with Gasteiger partial charge >= 0.3 is 0 Å². The van der Waals surface area contributed by atoms with E-state index in [2.05, 4.69) is 0 Å². The Kier molecular flexibility index (Phi) is 6.61. The summed E-state index contributed by atoms with van der Waals surface area (Å²) in [6.45, 7) is 0.264. The van der Waals surface area contributed by atoms with E-state index in [1.807, 2.05) is 78.9 Å². The zero-order valence-corrected chi connectivity index (χ0v) is 20.8. The van der Waals surface area contributed by atoms with Crippen LogP contribution in [0.25, 0.3) is 16.8 Å². The minimum absolute atomic E-state index is 0.152. The smallest absolute Gasteiger partial charge is 0.270 e. The topological polar surface area (TPSA) is 29.5 Å². The van der Waals surface area contributed by atoms with Crippen molar-refractivity contribution < 1.29 is 9.53 Å². The van der Waals surface area contributed by atoms with Crippen molar-refractivity contribution in [2.45, 2.75) is 6.61 Å². The van der Waals surface area contributed by atoms with Crippen LogP contribution in [0.15, 0.2) is 89.8 Å². The second-order valence-electron chi connectivity index (χ2n) is 7.58. The maximum Gasteiger partial charge on any atom is 0.270 e. The highest BCUT2D eigenvalue weighted by molar-refractivity contribution is 8.27. The van der Waals surface area contributed by atoms with Gasteiger partial charge in [0.05, 0.1) is 10.6 Å². The van der Waals surface area contributed by atoms with Gasteiger partial charge < -0.3 is 4.74 Å². The number of fused-ring (bicyclic) bond motifs is 1. The van der Waals surface area contributed by atoms with E-state index < -0.39 is 0 Å². The molecule has 1 saturated heterocycles. The summed E-state index contributed by atoms with van der Waals surface area (Å²) in [6, 6.07) is 26.6. The number of thiocarbonyl (C=S) groups is 1. The number of carbonyl (C=O) groups excluding carboxylic acids is 1. The minimum atomic E-state index is -0.152. The van der Waals surface area contributed by atoms with Crippen LogP contribution in [0.2, 0.25) is 10.0 Å². The zero-order chi connectivity index (χ0) is 23.7. The number of hydrogen-bond donors (Lipinski definition) is 0. The molecule has 4 aromatic carbocycles. The summed E-state index contributed by atoms with van der Waals surface area (Å²) in [5.74, 6) is 0.496. The third kappa shape index (κ3) is 4.57. The van der Waals surface area contributed by atoms with Crippen molar-refractivity contribution in [3.8, 4) is 5.75 Å². The number of ether oxygens (including phenoxy) is 1. The molecule has 1 fully saturated rings. The highest BCUT2D eigenvalue weighted by atomic mass is 35.5. The Balaban J connectivity index is 1.53. The average Bonchev–Trinajstić information content (AvgIpc) is 3.12. The minimum Gasteiger partial charge on any atom is -0.488 e. The van der Waals surface area contributed by atoms with Crippen molar-refractivity contribution in [1.82, 2.24) is 0 Å². The molecular formula is C27H17Cl2NO2S2. The van der Waals surface area contributed by atoms with E-state index in [1.54, 1.807) is 17.0 Å². The first-order valence-corrected chi connectivity index (χ1v) is 12.4. The third-order valence-electron chi connectivity index (χ3n) is 5.41. The summed E-state index contributed by atoms with van der Waals surface area (Å²) in [6.07, 6.45) is 1.86. The Morgan fingerprint density at radius 2 is 1.71 bits per heavy atom. The summed E-state index contributed by atoms with van der Waals surface area (Å²) in [7, 11) is 0. The Bertz CT molecular complexity index is 1450. The Hall–Kier alpha value is -2.83. The number of carbonyl (C=O) groups is 1. The van der Waals surface area contributed by atoms with Crippen molar-refractivity contribution in [2.24, 2.45) is 0 Å². The van der Waals surface area contributed by atoms with Gasteiger partial charge in [0.2, 0.25) is 0 Å². The van der Waals surface area contributed by atoms with Gasteiger partial charge in [0.15, 0.2) is 4.32 Å². The molecule has 0 N–H and O–H groups in total. The quantitative estimate of drug-likeness (QED) is 0.196. The van der Waals surface area contributed by atoms with Crippen molar-refractivity contribution in [3.63, 3.8) is 0 Å². The molecule has 0 aromatic heterocycles. The lowest BCUT2D eigenvalue weighted by molar-refractivity contribution is -0.113. The molecule has 3 nitrogen and oxygen atoms in total. The fourth-order valence-corrected chi connectivity index (χ4v) is 5.49. The highest BCUT2D eigenvalue weighted by Crippen LogP contribution is 2.39. The van der Waals surface area contributed by atoms with Crippen molar-refractivity contribution >= 4 is 79.9 Å². The molecule has 0 bridgehead atoms. The van der Waals surface area contributed by atoms with Crippen LogP contribution in [-0.4, -0.2) is 10.2 Å². The van der Waals surface area contributed by atoms with Gasteiger partial charge in [-0.15, -0.1) is 0 Å². The SMILES string of the molecule is O=C1/C(=C\c2c(OCc3ccc(Cl)cc3Cl)ccc3ccccc23)SC(=S)N1c1ccccc1. The van der Waals surface area contributed by atoms with Gasteiger partial charge in [-0.1, -0.05) is 102 Å².